The van der Waals surface area contributed by atoms with Gasteiger partial charge in [0.1, 0.15) is 11.6 Å². The summed E-state index contributed by atoms with van der Waals surface area (Å²) in [6, 6.07) is 8.31. The number of aromatic nitrogens is 4. The molecule has 1 amide bonds. The predicted molar refractivity (Wildman–Crippen MR) is 104 cm³/mol. The van der Waals surface area contributed by atoms with Gasteiger partial charge in [-0.1, -0.05) is 17.7 Å². The van der Waals surface area contributed by atoms with Crippen LogP contribution in [0.2, 0.25) is 5.02 Å². The van der Waals surface area contributed by atoms with Gasteiger partial charge in [0.25, 0.3) is 0 Å². The van der Waals surface area contributed by atoms with Crippen LogP contribution in [-0.2, 0) is 11.3 Å². The first-order chi connectivity index (χ1) is 13.5. The van der Waals surface area contributed by atoms with Crippen molar-refractivity contribution >= 4 is 29.0 Å². The van der Waals surface area contributed by atoms with E-state index in [-0.39, 0.29) is 18.4 Å². The van der Waals surface area contributed by atoms with Gasteiger partial charge in [-0.3, -0.25) is 4.79 Å². The molecule has 3 heterocycles. The van der Waals surface area contributed by atoms with E-state index >= 15 is 0 Å². The molecule has 1 aliphatic rings. The number of hydrogen-bond donors (Lipinski definition) is 1. The molecule has 1 aliphatic heterocycles. The monoisotopic (exact) mass is 402 g/mol. The van der Waals surface area contributed by atoms with Gasteiger partial charge in [-0.2, -0.15) is 4.52 Å². The summed E-state index contributed by atoms with van der Waals surface area (Å²) in [6.45, 7) is 3.39. The molecule has 1 aromatic carbocycles. The largest absolute Gasteiger partial charge is 0.355 e. The molecule has 1 saturated heterocycles. The van der Waals surface area contributed by atoms with E-state index in [0.29, 0.717) is 29.1 Å². The van der Waals surface area contributed by atoms with Crippen molar-refractivity contribution in [3.8, 4) is 0 Å². The number of anilines is 1. The molecule has 1 N–H and O–H groups in total. The van der Waals surface area contributed by atoms with Crippen LogP contribution in [0.25, 0.3) is 5.65 Å². The number of carbonyl (C=O) groups excluding carboxylic acids is 1. The zero-order chi connectivity index (χ0) is 19.7. The molecule has 1 fully saturated rings. The Morgan fingerprint density at radius 3 is 2.79 bits per heavy atom. The molecule has 0 spiro atoms. The van der Waals surface area contributed by atoms with Crippen molar-refractivity contribution in [3.63, 3.8) is 0 Å². The Balaban J connectivity index is 1.35. The Hall–Kier alpha value is -2.74. The normalized spacial score (nSPS) is 15.2. The summed E-state index contributed by atoms with van der Waals surface area (Å²) in [5.74, 6) is 0.984. The first-order valence-electron chi connectivity index (χ1n) is 9.17. The number of piperidine rings is 1. The first kappa shape index (κ1) is 18.6. The number of amides is 1. The second kappa shape index (κ2) is 7.71. The number of nitrogens with zero attached hydrogens (tertiary/aromatic N) is 5. The molecule has 0 bridgehead atoms. The van der Waals surface area contributed by atoms with E-state index in [9.17, 15) is 9.18 Å². The van der Waals surface area contributed by atoms with Crippen molar-refractivity contribution in [2.45, 2.75) is 26.3 Å². The van der Waals surface area contributed by atoms with Crippen LogP contribution in [0.15, 0.2) is 30.3 Å². The highest BCUT2D eigenvalue weighted by molar-refractivity contribution is 6.31. The molecule has 7 nitrogen and oxygen atoms in total. The Bertz CT molecular complexity index is 995. The van der Waals surface area contributed by atoms with E-state index in [0.717, 1.165) is 24.7 Å². The molecule has 4 rings (SSSR count). The Morgan fingerprint density at radius 2 is 2.04 bits per heavy atom. The van der Waals surface area contributed by atoms with Gasteiger partial charge in [-0.05, 0) is 44.0 Å². The molecule has 0 unspecified atom stereocenters. The quantitative estimate of drug-likeness (QED) is 0.726. The fraction of sp³-hybridized carbons (Fsp3) is 0.368. The number of benzene rings is 1. The summed E-state index contributed by atoms with van der Waals surface area (Å²) in [6.07, 6.45) is 1.41. The SMILES string of the molecule is Cc1nnc2ccc(N3CCC(C(=O)NCc4c(F)cccc4Cl)CC3)nn12. The predicted octanol–water partition coefficient (Wildman–Crippen LogP) is 2.76. The van der Waals surface area contributed by atoms with Crippen LogP contribution in [-0.4, -0.2) is 38.8 Å². The Labute approximate surface area is 166 Å². The van der Waals surface area contributed by atoms with E-state index in [4.69, 9.17) is 11.6 Å². The molecule has 3 aromatic rings. The van der Waals surface area contributed by atoms with Gasteiger partial charge in [0.05, 0.1) is 0 Å². The first-order valence-corrected chi connectivity index (χ1v) is 9.55. The van der Waals surface area contributed by atoms with E-state index < -0.39 is 5.82 Å². The Morgan fingerprint density at radius 1 is 1.25 bits per heavy atom. The smallest absolute Gasteiger partial charge is 0.223 e. The van der Waals surface area contributed by atoms with Crippen LogP contribution >= 0.6 is 11.6 Å². The highest BCUT2D eigenvalue weighted by atomic mass is 35.5. The lowest BCUT2D eigenvalue weighted by atomic mass is 9.96. The number of hydrogen-bond acceptors (Lipinski definition) is 5. The van der Waals surface area contributed by atoms with Crippen LogP contribution in [0.4, 0.5) is 10.2 Å². The lowest BCUT2D eigenvalue weighted by Crippen LogP contribution is -2.40. The van der Waals surface area contributed by atoms with E-state index in [1.165, 1.54) is 6.07 Å². The molecular weight excluding hydrogens is 383 g/mol. The van der Waals surface area contributed by atoms with E-state index in [2.05, 4.69) is 25.5 Å². The fourth-order valence-electron chi connectivity index (χ4n) is 3.45. The second-order valence-electron chi connectivity index (χ2n) is 6.89. The van der Waals surface area contributed by atoms with E-state index in [1.807, 2.05) is 19.1 Å². The summed E-state index contributed by atoms with van der Waals surface area (Å²) in [5.41, 5.74) is 1.03. The van der Waals surface area contributed by atoms with Gasteiger partial charge >= 0.3 is 0 Å². The molecule has 2 aromatic heterocycles. The number of nitrogens with one attached hydrogen (secondary N) is 1. The second-order valence-corrected chi connectivity index (χ2v) is 7.30. The highest BCUT2D eigenvalue weighted by Gasteiger charge is 2.26. The molecular formula is C19H20ClFN6O. The van der Waals surface area contributed by atoms with Crippen LogP contribution in [0.1, 0.15) is 24.2 Å². The third-order valence-corrected chi connectivity index (χ3v) is 5.45. The van der Waals surface area contributed by atoms with E-state index in [1.54, 1.807) is 16.6 Å². The van der Waals surface area contributed by atoms with Crippen LogP contribution in [0.3, 0.4) is 0 Å². The zero-order valence-electron chi connectivity index (χ0n) is 15.4. The molecule has 28 heavy (non-hydrogen) atoms. The van der Waals surface area contributed by atoms with Crippen molar-refractivity contribution < 1.29 is 9.18 Å². The van der Waals surface area contributed by atoms with Gasteiger partial charge < -0.3 is 10.2 Å². The number of rotatable bonds is 4. The maximum atomic E-state index is 13.8. The van der Waals surface area contributed by atoms with Crippen molar-refractivity contribution in [1.82, 2.24) is 25.1 Å². The summed E-state index contributed by atoms with van der Waals surface area (Å²) in [5, 5.41) is 15.8. The minimum absolute atomic E-state index is 0.0722. The molecule has 9 heteroatoms. The molecule has 0 aliphatic carbocycles. The van der Waals surface area contributed by atoms with Crippen LogP contribution in [0, 0.1) is 18.7 Å². The standard InChI is InChI=1S/C19H20ClFN6O/c1-12-23-24-17-5-6-18(25-27(12)17)26-9-7-13(8-10-26)19(28)22-11-14-15(20)3-2-4-16(14)21/h2-6,13H,7-11H2,1H3,(H,22,28). The van der Waals surface area contributed by atoms with Crippen LogP contribution < -0.4 is 10.2 Å². The fourth-order valence-corrected chi connectivity index (χ4v) is 3.68. The summed E-state index contributed by atoms with van der Waals surface area (Å²) >= 11 is 6.01. The van der Waals surface area contributed by atoms with Gasteiger partial charge in [-0.25, -0.2) is 4.39 Å². The number of aryl methyl sites for hydroxylation is 1. The lowest BCUT2D eigenvalue weighted by molar-refractivity contribution is -0.125. The summed E-state index contributed by atoms with van der Waals surface area (Å²) in [7, 11) is 0. The van der Waals surface area contributed by atoms with Gasteiger partial charge in [0, 0.05) is 36.1 Å². The van der Waals surface area contributed by atoms with Crippen molar-refractivity contribution in [2.75, 3.05) is 18.0 Å². The minimum Gasteiger partial charge on any atom is -0.355 e. The van der Waals surface area contributed by atoms with Crippen molar-refractivity contribution in [3.05, 3.63) is 52.6 Å². The number of halogens is 2. The van der Waals surface area contributed by atoms with Gasteiger partial charge in [0.2, 0.25) is 5.91 Å². The van der Waals surface area contributed by atoms with Crippen LogP contribution in [0.5, 0.6) is 0 Å². The molecule has 0 radical (unpaired) electrons. The lowest BCUT2D eigenvalue weighted by Gasteiger charge is -2.32. The maximum absolute atomic E-state index is 13.8. The van der Waals surface area contributed by atoms with Crippen molar-refractivity contribution in [1.29, 1.82) is 0 Å². The summed E-state index contributed by atoms with van der Waals surface area (Å²) < 4.78 is 15.6. The third-order valence-electron chi connectivity index (χ3n) is 5.10. The van der Waals surface area contributed by atoms with Gasteiger partial charge in [0.15, 0.2) is 11.5 Å². The Kier molecular flexibility index (Phi) is 5.13. The topological polar surface area (TPSA) is 75.4 Å². The number of carbonyl (C=O) groups is 1. The van der Waals surface area contributed by atoms with Crippen molar-refractivity contribution in [2.24, 2.45) is 5.92 Å². The highest BCUT2D eigenvalue weighted by Crippen LogP contribution is 2.23. The number of fused-ring (bicyclic) bond motifs is 1. The molecule has 0 atom stereocenters. The minimum atomic E-state index is -0.409. The third kappa shape index (κ3) is 3.64. The zero-order valence-corrected chi connectivity index (χ0v) is 16.2. The van der Waals surface area contributed by atoms with Gasteiger partial charge in [-0.15, -0.1) is 15.3 Å². The summed E-state index contributed by atoms with van der Waals surface area (Å²) in [4.78, 5) is 14.6. The average molecular weight is 403 g/mol. The average Bonchev–Trinajstić information content (AvgIpc) is 3.08. The maximum Gasteiger partial charge on any atom is 0.223 e. The molecule has 146 valence electrons. The molecule has 0 saturated carbocycles.